The van der Waals surface area contributed by atoms with Gasteiger partial charge in [-0.1, -0.05) is 24.6 Å². The highest BCUT2D eigenvalue weighted by atomic mass is 32.2. The summed E-state index contributed by atoms with van der Waals surface area (Å²) >= 11 is 1.83. The van der Waals surface area contributed by atoms with Crippen LogP contribution >= 0.6 is 11.8 Å². The molecule has 1 aliphatic carbocycles. The Bertz CT molecular complexity index is 680. The van der Waals surface area contributed by atoms with E-state index in [4.69, 9.17) is 0 Å². The number of benzene rings is 1. The quantitative estimate of drug-likeness (QED) is 0.883. The van der Waals surface area contributed by atoms with E-state index < -0.39 is 11.4 Å². The molecule has 0 bridgehead atoms. The first-order valence-corrected chi connectivity index (χ1v) is 9.56. The summed E-state index contributed by atoms with van der Waals surface area (Å²) in [5.41, 5.74) is 0.607. The van der Waals surface area contributed by atoms with E-state index in [1.54, 1.807) is 4.90 Å². The molecule has 1 saturated carbocycles. The van der Waals surface area contributed by atoms with E-state index in [1.807, 2.05) is 23.9 Å². The van der Waals surface area contributed by atoms with Gasteiger partial charge >= 0.3 is 12.0 Å². The van der Waals surface area contributed by atoms with Gasteiger partial charge in [0.2, 0.25) is 0 Å². The number of likely N-dealkylation sites (tertiary alicyclic amines) is 1. The van der Waals surface area contributed by atoms with Crippen molar-refractivity contribution in [3.05, 3.63) is 29.8 Å². The van der Waals surface area contributed by atoms with Crippen LogP contribution in [0.4, 0.5) is 4.79 Å². The van der Waals surface area contributed by atoms with Gasteiger partial charge in [-0.3, -0.25) is 4.79 Å². The summed E-state index contributed by atoms with van der Waals surface area (Å²) in [6, 6.07) is 8.23. The van der Waals surface area contributed by atoms with E-state index in [9.17, 15) is 14.7 Å². The van der Waals surface area contributed by atoms with Crippen LogP contribution in [0.15, 0.2) is 29.2 Å². The number of nitrogens with one attached hydrogen (secondary N) is 1. The molecule has 3 aliphatic rings. The average Bonchev–Trinajstić information content (AvgIpc) is 3.25. The number of carboxylic acid groups (broad SMARTS) is 1. The van der Waals surface area contributed by atoms with Crippen molar-refractivity contribution in [1.82, 2.24) is 10.2 Å². The zero-order valence-electron chi connectivity index (χ0n) is 13.5. The lowest BCUT2D eigenvalue weighted by Crippen LogP contribution is -2.42. The number of aliphatic carboxylic acids is 1. The topological polar surface area (TPSA) is 69.6 Å². The Kier molecular flexibility index (Phi) is 3.95. The number of hydrogen-bond acceptors (Lipinski definition) is 3. The van der Waals surface area contributed by atoms with Crippen molar-refractivity contribution < 1.29 is 14.7 Å². The molecule has 2 aliphatic heterocycles. The van der Waals surface area contributed by atoms with Gasteiger partial charge in [0.25, 0.3) is 0 Å². The number of fused-ring (bicyclic) bond motifs is 2. The molecule has 2 amide bonds. The van der Waals surface area contributed by atoms with Crippen LogP contribution in [0.2, 0.25) is 0 Å². The second-order valence-corrected chi connectivity index (χ2v) is 8.22. The first-order valence-electron chi connectivity index (χ1n) is 8.58. The average molecular weight is 346 g/mol. The minimum absolute atomic E-state index is 0.112. The van der Waals surface area contributed by atoms with E-state index in [-0.39, 0.29) is 11.9 Å². The van der Waals surface area contributed by atoms with Gasteiger partial charge in [-0.15, -0.1) is 11.8 Å². The highest BCUT2D eigenvalue weighted by Gasteiger charge is 2.55. The summed E-state index contributed by atoms with van der Waals surface area (Å²) in [4.78, 5) is 27.3. The van der Waals surface area contributed by atoms with Crippen LogP contribution in [-0.2, 0) is 4.79 Å². The fourth-order valence-corrected chi connectivity index (χ4v) is 5.77. The second kappa shape index (κ2) is 5.99. The molecule has 24 heavy (non-hydrogen) atoms. The fraction of sp³-hybridized carbons (Fsp3) is 0.556. The molecule has 5 nitrogen and oxygen atoms in total. The Morgan fingerprint density at radius 2 is 2.21 bits per heavy atom. The monoisotopic (exact) mass is 346 g/mol. The molecule has 1 unspecified atom stereocenters. The van der Waals surface area contributed by atoms with Crippen LogP contribution in [0, 0.1) is 11.3 Å². The van der Waals surface area contributed by atoms with Gasteiger partial charge in [-0.05, 0) is 30.4 Å². The molecular formula is C18H22N2O3S. The molecule has 3 atom stereocenters. The van der Waals surface area contributed by atoms with Crippen LogP contribution < -0.4 is 5.32 Å². The molecule has 1 aromatic carbocycles. The van der Waals surface area contributed by atoms with Gasteiger partial charge in [0.05, 0.1) is 5.41 Å². The smallest absolute Gasteiger partial charge is 0.317 e. The largest absolute Gasteiger partial charge is 0.481 e. The summed E-state index contributed by atoms with van der Waals surface area (Å²) in [5, 5.41) is 12.7. The number of hydrogen-bond donors (Lipinski definition) is 2. The van der Waals surface area contributed by atoms with Crippen molar-refractivity contribution in [3.8, 4) is 0 Å². The molecule has 2 N–H and O–H groups in total. The van der Waals surface area contributed by atoms with Crippen molar-refractivity contribution >= 4 is 23.8 Å². The van der Waals surface area contributed by atoms with Crippen LogP contribution in [0.3, 0.4) is 0 Å². The highest BCUT2D eigenvalue weighted by molar-refractivity contribution is 7.99. The third-order valence-corrected chi connectivity index (χ3v) is 7.13. The van der Waals surface area contributed by atoms with Crippen LogP contribution in [0.1, 0.15) is 30.7 Å². The molecule has 6 heteroatoms. The molecule has 2 heterocycles. The van der Waals surface area contributed by atoms with Crippen LogP contribution in [0.5, 0.6) is 0 Å². The van der Waals surface area contributed by atoms with E-state index in [2.05, 4.69) is 17.4 Å². The summed E-state index contributed by atoms with van der Waals surface area (Å²) in [5.74, 6) is 0.706. The van der Waals surface area contributed by atoms with Crippen molar-refractivity contribution in [3.63, 3.8) is 0 Å². The standard InChI is InChI=1S/C18H22N2O3S/c21-16(22)18-7-3-4-13(18)9-20(11-18)17(23)19-8-12-10-24-15-6-2-1-5-14(12)15/h1-2,5-6,12-13H,3-4,7-11H2,(H,19,23)(H,21,22)/t12?,13-,18+/m0/s1. The van der Waals surface area contributed by atoms with E-state index in [1.165, 1.54) is 10.5 Å². The number of urea groups is 1. The molecule has 1 saturated heterocycles. The third kappa shape index (κ3) is 2.48. The molecule has 0 radical (unpaired) electrons. The normalized spacial score (nSPS) is 30.9. The minimum Gasteiger partial charge on any atom is -0.481 e. The summed E-state index contributed by atoms with van der Waals surface area (Å²) in [6.45, 7) is 1.55. The molecule has 1 aromatic rings. The number of amides is 2. The van der Waals surface area contributed by atoms with E-state index in [0.29, 0.717) is 32.0 Å². The first kappa shape index (κ1) is 15.8. The Hall–Kier alpha value is -1.69. The lowest BCUT2D eigenvalue weighted by molar-refractivity contribution is -0.149. The van der Waals surface area contributed by atoms with Crippen molar-refractivity contribution in [2.24, 2.45) is 11.3 Å². The van der Waals surface area contributed by atoms with Crippen LogP contribution in [0.25, 0.3) is 0 Å². The number of carboxylic acids is 1. The SMILES string of the molecule is O=C(NCC1CSc2ccccc21)N1C[C@@H]2CCC[C@@]2(C(=O)O)C1. The fourth-order valence-electron chi connectivity index (χ4n) is 4.51. The van der Waals surface area contributed by atoms with Gasteiger partial charge in [-0.25, -0.2) is 4.79 Å². The first-order chi connectivity index (χ1) is 11.6. The summed E-state index contributed by atoms with van der Waals surface area (Å²) < 4.78 is 0. The maximum Gasteiger partial charge on any atom is 0.317 e. The maximum atomic E-state index is 12.5. The number of thioether (sulfide) groups is 1. The zero-order chi connectivity index (χ0) is 16.7. The zero-order valence-corrected chi connectivity index (χ0v) is 14.3. The van der Waals surface area contributed by atoms with Gasteiger partial charge in [0.15, 0.2) is 0 Å². The molecule has 0 spiro atoms. The summed E-state index contributed by atoms with van der Waals surface area (Å²) in [6.07, 6.45) is 2.58. The molecular weight excluding hydrogens is 324 g/mol. The molecule has 0 aromatic heterocycles. The lowest BCUT2D eigenvalue weighted by Gasteiger charge is -2.23. The Morgan fingerprint density at radius 3 is 3.00 bits per heavy atom. The highest BCUT2D eigenvalue weighted by Crippen LogP contribution is 2.48. The van der Waals surface area contributed by atoms with Gasteiger partial charge in [-0.2, -0.15) is 0 Å². The van der Waals surface area contributed by atoms with Crippen LogP contribution in [-0.4, -0.2) is 47.4 Å². The van der Waals surface area contributed by atoms with Gasteiger partial charge in [0, 0.05) is 36.2 Å². The Labute approximate surface area is 145 Å². The predicted molar refractivity (Wildman–Crippen MR) is 92.3 cm³/mol. The third-order valence-electron chi connectivity index (χ3n) is 5.88. The van der Waals surface area contributed by atoms with Crippen molar-refractivity contribution in [2.75, 3.05) is 25.4 Å². The lowest BCUT2D eigenvalue weighted by atomic mass is 9.81. The van der Waals surface area contributed by atoms with E-state index >= 15 is 0 Å². The number of rotatable bonds is 3. The van der Waals surface area contributed by atoms with Crippen molar-refractivity contribution in [2.45, 2.75) is 30.1 Å². The Balaban J connectivity index is 1.37. The second-order valence-electron chi connectivity index (χ2n) is 7.16. The molecule has 2 fully saturated rings. The predicted octanol–water partition coefficient (Wildman–Crippen LogP) is 2.77. The number of carbonyl (C=O) groups excluding carboxylic acids is 1. The summed E-state index contributed by atoms with van der Waals surface area (Å²) in [7, 11) is 0. The number of nitrogens with zero attached hydrogens (tertiary/aromatic N) is 1. The maximum absolute atomic E-state index is 12.5. The number of carbonyl (C=O) groups is 2. The minimum atomic E-state index is -0.735. The molecule has 4 rings (SSSR count). The Morgan fingerprint density at radius 1 is 1.38 bits per heavy atom. The van der Waals surface area contributed by atoms with E-state index in [0.717, 1.165) is 18.6 Å². The van der Waals surface area contributed by atoms with Gasteiger partial charge in [0.1, 0.15) is 0 Å². The van der Waals surface area contributed by atoms with Crippen molar-refractivity contribution in [1.29, 1.82) is 0 Å². The van der Waals surface area contributed by atoms with Gasteiger partial charge < -0.3 is 15.3 Å². The molecule has 128 valence electrons.